The largest absolute Gasteiger partial charge is 0.481 e. The Labute approximate surface area is 232 Å². The maximum atomic E-state index is 13.0. The third-order valence-electron chi connectivity index (χ3n) is 6.19. The number of nitrogens with one attached hydrogen (secondary N) is 1. The number of aliphatic hydroxyl groups is 1. The van der Waals surface area contributed by atoms with E-state index in [2.05, 4.69) is 11.4 Å². The zero-order valence-corrected chi connectivity index (χ0v) is 23.1. The van der Waals surface area contributed by atoms with Gasteiger partial charge in [0.15, 0.2) is 0 Å². The van der Waals surface area contributed by atoms with E-state index in [0.29, 0.717) is 31.5 Å². The van der Waals surface area contributed by atoms with E-state index in [1.807, 2.05) is 67.7 Å². The number of likely N-dealkylation sites (N-methyl/N-ethyl adjacent to an activating group) is 1. The molecular weight excluding hydrogens is 525 g/mol. The molecule has 0 heterocycles. The van der Waals surface area contributed by atoms with Gasteiger partial charge in [-0.1, -0.05) is 54.6 Å². The van der Waals surface area contributed by atoms with Crippen LogP contribution in [0.5, 0.6) is 0 Å². The van der Waals surface area contributed by atoms with Crippen molar-refractivity contribution >= 4 is 17.9 Å². The number of aliphatic hydroxyl groups excluding tert-OH is 1. The summed E-state index contributed by atoms with van der Waals surface area (Å²) in [5, 5.41) is 22.8. The molecule has 1 atom stereocenters. The summed E-state index contributed by atoms with van der Waals surface area (Å²) in [5.41, 5.74) is 2.47. The Morgan fingerprint density at radius 2 is 1.67 bits per heavy atom. The number of hydrogen-bond acceptors (Lipinski definition) is 5. The van der Waals surface area contributed by atoms with Crippen LogP contribution in [0.15, 0.2) is 77.7 Å². The minimum Gasteiger partial charge on any atom is -0.481 e. The third-order valence-corrected chi connectivity index (χ3v) is 7.12. The van der Waals surface area contributed by atoms with Crippen molar-refractivity contribution in [2.24, 2.45) is 0 Å². The highest BCUT2D eigenvalue weighted by Crippen LogP contribution is 2.30. The Morgan fingerprint density at radius 1 is 0.974 bits per heavy atom. The quantitative estimate of drug-likeness (QED) is 0.213. The first kappa shape index (κ1) is 30.7. The zero-order valence-electron chi connectivity index (χ0n) is 22.3. The first-order valence-electron chi connectivity index (χ1n) is 12.7. The molecule has 0 aliphatic heterocycles. The highest BCUT2D eigenvalue weighted by atomic mass is 32.2. The van der Waals surface area contributed by atoms with Crippen molar-refractivity contribution in [1.29, 1.82) is 0 Å². The van der Waals surface area contributed by atoms with Gasteiger partial charge >= 0.3 is 12.1 Å². The highest BCUT2D eigenvalue weighted by Gasteiger charge is 2.31. The number of hydrogen-bond donors (Lipinski definition) is 3. The Morgan fingerprint density at radius 3 is 2.33 bits per heavy atom. The van der Waals surface area contributed by atoms with Gasteiger partial charge in [-0.25, -0.2) is 4.31 Å². The number of aliphatic carboxylic acids is 1. The normalized spacial score (nSPS) is 13.0. The average molecular weight is 561 g/mol. The molecule has 3 rings (SSSR count). The molecule has 0 amide bonds. The number of carbonyl (C=O) groups is 1. The van der Waals surface area contributed by atoms with Gasteiger partial charge in [0.1, 0.15) is 0 Å². The standard InChI is InChI=1S/C30H35F3N2O3S/c1-29(2,18-22-6-4-8-25(16-22)30(31,32)33)34-19-26(36)20-35(3)39-27-9-5-7-24(17-27)23-13-10-21(11-14-23)12-15-28(37)38/h4-11,13-14,16-17,26,34,36H,12,15,18-20H2,1-3H3,(H,37,38)/t26-/m1/s1. The number of β-amino-alcohol motifs (C(OH)–C–C–N with tert-alkyl or cyclic N) is 1. The highest BCUT2D eigenvalue weighted by molar-refractivity contribution is 7.97. The molecule has 0 aliphatic rings. The van der Waals surface area contributed by atoms with Gasteiger partial charge in [0.2, 0.25) is 0 Å². The van der Waals surface area contributed by atoms with Gasteiger partial charge in [0.05, 0.1) is 11.7 Å². The number of rotatable bonds is 13. The molecule has 39 heavy (non-hydrogen) atoms. The molecule has 3 aromatic carbocycles. The van der Waals surface area contributed by atoms with Crippen molar-refractivity contribution in [2.45, 2.75) is 55.8 Å². The van der Waals surface area contributed by atoms with E-state index >= 15 is 0 Å². The second kappa shape index (κ2) is 13.5. The van der Waals surface area contributed by atoms with Crippen LogP contribution in [-0.4, -0.2) is 52.3 Å². The number of nitrogens with zero attached hydrogens (tertiary/aromatic N) is 1. The van der Waals surface area contributed by atoms with Gasteiger partial charge in [-0.05, 0) is 86.1 Å². The predicted octanol–water partition coefficient (Wildman–Crippen LogP) is 6.30. The number of alkyl halides is 3. The number of aryl methyl sites for hydroxylation is 1. The molecule has 0 unspecified atom stereocenters. The Bertz CT molecular complexity index is 1230. The summed E-state index contributed by atoms with van der Waals surface area (Å²) < 4.78 is 41.0. The molecule has 0 aromatic heterocycles. The van der Waals surface area contributed by atoms with Crippen molar-refractivity contribution in [3.8, 4) is 11.1 Å². The predicted molar refractivity (Wildman–Crippen MR) is 150 cm³/mol. The van der Waals surface area contributed by atoms with Crippen LogP contribution in [0.25, 0.3) is 11.1 Å². The average Bonchev–Trinajstić information content (AvgIpc) is 2.86. The molecule has 3 N–H and O–H groups in total. The van der Waals surface area contributed by atoms with Crippen LogP contribution in [0.3, 0.4) is 0 Å². The number of carboxylic acid groups (broad SMARTS) is 1. The first-order chi connectivity index (χ1) is 18.3. The second-order valence-corrected chi connectivity index (χ2v) is 11.6. The summed E-state index contributed by atoms with van der Waals surface area (Å²) in [6.07, 6.45) is -4.06. The lowest BCUT2D eigenvalue weighted by molar-refractivity contribution is -0.138. The molecule has 9 heteroatoms. The van der Waals surface area contributed by atoms with E-state index < -0.39 is 29.4 Å². The Balaban J connectivity index is 1.50. The van der Waals surface area contributed by atoms with Crippen LogP contribution in [0.1, 0.15) is 37.0 Å². The van der Waals surface area contributed by atoms with Crippen LogP contribution in [-0.2, 0) is 23.8 Å². The summed E-state index contributed by atoms with van der Waals surface area (Å²) >= 11 is 1.51. The molecule has 0 radical (unpaired) electrons. The van der Waals surface area contributed by atoms with Crippen molar-refractivity contribution < 1.29 is 28.2 Å². The molecule has 210 valence electrons. The molecule has 0 fully saturated rings. The Hall–Kier alpha value is -2.85. The fourth-order valence-electron chi connectivity index (χ4n) is 4.25. The fraction of sp³-hybridized carbons (Fsp3) is 0.367. The van der Waals surface area contributed by atoms with Gasteiger partial charge in [0.25, 0.3) is 0 Å². The maximum Gasteiger partial charge on any atom is 0.416 e. The van der Waals surface area contributed by atoms with E-state index in [9.17, 15) is 23.1 Å². The van der Waals surface area contributed by atoms with Gasteiger partial charge < -0.3 is 15.5 Å². The number of benzene rings is 3. The van der Waals surface area contributed by atoms with Gasteiger partial charge in [0, 0.05) is 29.9 Å². The zero-order chi connectivity index (χ0) is 28.6. The van der Waals surface area contributed by atoms with Crippen molar-refractivity contribution in [3.05, 3.63) is 89.5 Å². The fourth-order valence-corrected chi connectivity index (χ4v) is 5.18. The number of halogens is 3. The van der Waals surface area contributed by atoms with Crippen LogP contribution in [0.4, 0.5) is 13.2 Å². The van der Waals surface area contributed by atoms with Crippen molar-refractivity contribution in [1.82, 2.24) is 9.62 Å². The molecule has 0 saturated carbocycles. The van der Waals surface area contributed by atoms with Gasteiger partial charge in [-0.15, -0.1) is 0 Å². The summed E-state index contributed by atoms with van der Waals surface area (Å²) in [4.78, 5) is 11.8. The van der Waals surface area contributed by atoms with E-state index in [1.165, 1.54) is 24.1 Å². The Kier molecular flexibility index (Phi) is 10.6. The van der Waals surface area contributed by atoms with Crippen LogP contribution in [0.2, 0.25) is 0 Å². The minimum absolute atomic E-state index is 0.104. The third kappa shape index (κ3) is 10.3. The molecule has 0 aliphatic carbocycles. The summed E-state index contributed by atoms with van der Waals surface area (Å²) in [6, 6.07) is 21.3. The first-order valence-corrected chi connectivity index (χ1v) is 13.5. The molecule has 0 bridgehead atoms. The van der Waals surface area contributed by atoms with Crippen LogP contribution < -0.4 is 5.32 Å². The van der Waals surface area contributed by atoms with E-state index in [4.69, 9.17) is 5.11 Å². The summed E-state index contributed by atoms with van der Waals surface area (Å²) in [6.45, 7) is 4.50. The van der Waals surface area contributed by atoms with Crippen LogP contribution in [0, 0.1) is 0 Å². The number of carboxylic acids is 1. The monoisotopic (exact) mass is 560 g/mol. The van der Waals surface area contributed by atoms with E-state index in [-0.39, 0.29) is 6.42 Å². The second-order valence-electron chi connectivity index (χ2n) is 10.3. The summed E-state index contributed by atoms with van der Waals surface area (Å²) in [7, 11) is 1.89. The lowest BCUT2D eigenvalue weighted by Gasteiger charge is -2.29. The van der Waals surface area contributed by atoms with Crippen molar-refractivity contribution in [3.63, 3.8) is 0 Å². The van der Waals surface area contributed by atoms with E-state index in [1.54, 1.807) is 6.07 Å². The van der Waals surface area contributed by atoms with Gasteiger partial charge in [-0.2, -0.15) is 13.2 Å². The lowest BCUT2D eigenvalue weighted by Crippen LogP contribution is -2.46. The summed E-state index contributed by atoms with van der Waals surface area (Å²) in [5.74, 6) is -0.812. The molecular formula is C30H35F3N2O3S. The van der Waals surface area contributed by atoms with E-state index in [0.717, 1.165) is 27.7 Å². The molecule has 5 nitrogen and oxygen atoms in total. The topological polar surface area (TPSA) is 72.8 Å². The molecule has 0 spiro atoms. The minimum atomic E-state index is -4.38. The van der Waals surface area contributed by atoms with Crippen LogP contribution >= 0.6 is 11.9 Å². The lowest BCUT2D eigenvalue weighted by atomic mass is 9.93. The molecule has 3 aromatic rings. The SMILES string of the molecule is CN(C[C@H](O)CNC(C)(C)Cc1cccc(C(F)(F)F)c1)Sc1cccc(-c2ccc(CCC(=O)O)cc2)c1. The molecule has 0 saturated heterocycles. The maximum absolute atomic E-state index is 13.0. The van der Waals surface area contributed by atoms with Crippen molar-refractivity contribution in [2.75, 3.05) is 20.1 Å². The van der Waals surface area contributed by atoms with Gasteiger partial charge in [-0.3, -0.25) is 4.79 Å². The smallest absolute Gasteiger partial charge is 0.416 e.